The van der Waals surface area contributed by atoms with Crippen molar-refractivity contribution in [2.24, 2.45) is 0 Å². The number of carbonyl (C=O) groups excluding carboxylic acids is 3. The number of carbonyl (C=O) groups is 3. The Hall–Kier alpha value is -2.32. The second-order valence-corrected chi connectivity index (χ2v) is 7.90. The topological polar surface area (TPSA) is 91.0 Å². The Labute approximate surface area is 189 Å². The highest BCUT2D eigenvalue weighted by Crippen LogP contribution is 2.20. The van der Waals surface area contributed by atoms with E-state index in [4.69, 9.17) is 16.3 Å². The Morgan fingerprint density at radius 3 is 2.65 bits per heavy atom. The van der Waals surface area contributed by atoms with Crippen LogP contribution in [0, 0.1) is 0 Å². The van der Waals surface area contributed by atoms with Crippen molar-refractivity contribution in [1.82, 2.24) is 15.1 Å². The normalized spacial score (nSPS) is 14.6. The number of halogens is 1. The van der Waals surface area contributed by atoms with Crippen molar-refractivity contribution in [3.63, 3.8) is 0 Å². The third-order valence-electron chi connectivity index (χ3n) is 5.03. The molecule has 1 aromatic carbocycles. The summed E-state index contributed by atoms with van der Waals surface area (Å²) in [5.74, 6) is -0.282. The van der Waals surface area contributed by atoms with Crippen LogP contribution < -0.4 is 10.6 Å². The molecule has 0 spiro atoms. The quantitative estimate of drug-likeness (QED) is 0.420. The van der Waals surface area contributed by atoms with Crippen LogP contribution in [-0.2, 0) is 14.3 Å². The second kappa shape index (κ2) is 13.9. The molecule has 2 N–H and O–H groups in total. The minimum absolute atomic E-state index is 0.0761. The number of hydrogen-bond donors (Lipinski definition) is 2. The summed E-state index contributed by atoms with van der Waals surface area (Å²) < 4.78 is 4.90. The van der Waals surface area contributed by atoms with Crippen molar-refractivity contribution in [2.45, 2.75) is 39.0 Å². The minimum Gasteiger partial charge on any atom is -0.466 e. The Morgan fingerprint density at radius 1 is 1.06 bits per heavy atom. The molecule has 0 aromatic heterocycles. The van der Waals surface area contributed by atoms with Gasteiger partial charge < -0.3 is 20.3 Å². The molecular weight excluding hydrogens is 420 g/mol. The summed E-state index contributed by atoms with van der Waals surface area (Å²) in [5, 5.41) is 6.29. The molecule has 9 heteroatoms. The molecule has 31 heavy (non-hydrogen) atoms. The van der Waals surface area contributed by atoms with Gasteiger partial charge in [0, 0.05) is 39.1 Å². The number of nitrogens with zero attached hydrogens (tertiary/aromatic N) is 2. The van der Waals surface area contributed by atoms with Crippen molar-refractivity contribution in [2.75, 3.05) is 51.2 Å². The lowest BCUT2D eigenvalue weighted by molar-refractivity contribution is -0.143. The number of hydrogen-bond acceptors (Lipinski definition) is 5. The van der Waals surface area contributed by atoms with Gasteiger partial charge in [0.25, 0.3) is 0 Å². The highest BCUT2D eigenvalue weighted by atomic mass is 35.5. The zero-order chi connectivity index (χ0) is 22.5. The number of para-hydroxylation sites is 1. The van der Waals surface area contributed by atoms with Gasteiger partial charge in [-0.05, 0) is 38.3 Å². The number of urea groups is 1. The lowest BCUT2D eigenvalue weighted by Crippen LogP contribution is -2.43. The van der Waals surface area contributed by atoms with E-state index in [0.717, 1.165) is 32.2 Å². The number of ether oxygens (including phenoxy) is 1. The van der Waals surface area contributed by atoms with Gasteiger partial charge in [0.1, 0.15) is 0 Å². The van der Waals surface area contributed by atoms with Crippen LogP contribution in [0.4, 0.5) is 10.5 Å². The van der Waals surface area contributed by atoms with Crippen LogP contribution in [0.15, 0.2) is 24.3 Å². The molecule has 1 heterocycles. The minimum atomic E-state index is -0.166. The van der Waals surface area contributed by atoms with Crippen LogP contribution in [0.2, 0.25) is 5.02 Å². The van der Waals surface area contributed by atoms with Crippen molar-refractivity contribution in [1.29, 1.82) is 0 Å². The number of amides is 3. The number of unbranched alkanes of at least 4 members (excludes halogenated alkanes) is 2. The first-order valence-corrected chi connectivity index (χ1v) is 11.3. The average Bonchev–Trinajstić information content (AvgIpc) is 2.98. The molecular formula is C22H33ClN4O4. The number of benzene rings is 1. The monoisotopic (exact) mass is 452 g/mol. The van der Waals surface area contributed by atoms with Gasteiger partial charge in [-0.25, -0.2) is 4.79 Å². The number of rotatable bonds is 10. The summed E-state index contributed by atoms with van der Waals surface area (Å²) >= 11 is 6.09. The van der Waals surface area contributed by atoms with Crippen molar-refractivity contribution >= 4 is 35.2 Å². The molecule has 1 saturated heterocycles. The van der Waals surface area contributed by atoms with Gasteiger partial charge in [-0.3, -0.25) is 14.5 Å². The van der Waals surface area contributed by atoms with E-state index in [-0.39, 0.29) is 24.5 Å². The summed E-state index contributed by atoms with van der Waals surface area (Å²) in [7, 11) is 0. The van der Waals surface area contributed by atoms with Gasteiger partial charge in [-0.1, -0.05) is 30.2 Å². The third kappa shape index (κ3) is 9.57. The van der Waals surface area contributed by atoms with E-state index in [2.05, 4.69) is 15.5 Å². The lowest BCUT2D eigenvalue weighted by atomic mass is 10.2. The largest absolute Gasteiger partial charge is 0.466 e. The van der Waals surface area contributed by atoms with Crippen molar-refractivity contribution in [3.8, 4) is 0 Å². The fraction of sp³-hybridized carbons (Fsp3) is 0.591. The summed E-state index contributed by atoms with van der Waals surface area (Å²) in [5.41, 5.74) is 0.604. The summed E-state index contributed by atoms with van der Waals surface area (Å²) in [6.07, 6.45) is 3.70. The fourth-order valence-electron chi connectivity index (χ4n) is 3.40. The molecule has 1 aliphatic rings. The van der Waals surface area contributed by atoms with Crippen LogP contribution >= 0.6 is 11.6 Å². The molecule has 0 aliphatic carbocycles. The molecule has 2 rings (SSSR count). The molecule has 172 valence electrons. The predicted molar refractivity (Wildman–Crippen MR) is 121 cm³/mol. The summed E-state index contributed by atoms with van der Waals surface area (Å²) in [6.45, 7) is 5.70. The molecule has 1 fully saturated rings. The first-order valence-electron chi connectivity index (χ1n) is 10.9. The zero-order valence-electron chi connectivity index (χ0n) is 18.2. The van der Waals surface area contributed by atoms with Gasteiger partial charge in [0.05, 0.1) is 23.9 Å². The maximum Gasteiger partial charge on any atom is 0.317 e. The summed E-state index contributed by atoms with van der Waals surface area (Å²) in [4.78, 5) is 39.9. The van der Waals surface area contributed by atoms with E-state index >= 15 is 0 Å². The molecule has 0 atom stereocenters. The van der Waals surface area contributed by atoms with E-state index in [1.54, 1.807) is 24.0 Å². The molecule has 1 aliphatic heterocycles. The van der Waals surface area contributed by atoms with E-state index in [0.29, 0.717) is 49.9 Å². The van der Waals surface area contributed by atoms with Gasteiger partial charge in [-0.2, -0.15) is 0 Å². The van der Waals surface area contributed by atoms with Gasteiger partial charge in [-0.15, -0.1) is 0 Å². The standard InChI is InChI=1S/C22H33ClN4O4/c1-2-31-21(29)11-4-3-7-12-24-22(30)27-14-8-13-26(15-16-27)17-20(28)25-19-10-6-5-9-18(19)23/h5-6,9-10H,2-4,7-8,11-17H2,1H3,(H,24,30)(H,25,28). The van der Waals surface area contributed by atoms with Crippen LogP contribution in [0.25, 0.3) is 0 Å². The lowest BCUT2D eigenvalue weighted by Gasteiger charge is -2.22. The number of anilines is 1. The Balaban J connectivity index is 1.63. The fourth-order valence-corrected chi connectivity index (χ4v) is 3.58. The molecule has 0 bridgehead atoms. The van der Waals surface area contributed by atoms with E-state index in [1.165, 1.54) is 0 Å². The smallest absolute Gasteiger partial charge is 0.317 e. The van der Waals surface area contributed by atoms with Crippen molar-refractivity contribution in [3.05, 3.63) is 29.3 Å². The molecule has 0 radical (unpaired) electrons. The Kier molecular flexibility index (Phi) is 11.2. The first kappa shape index (κ1) is 24.9. The van der Waals surface area contributed by atoms with E-state index < -0.39 is 0 Å². The highest BCUT2D eigenvalue weighted by molar-refractivity contribution is 6.33. The maximum absolute atomic E-state index is 12.4. The molecule has 1 aromatic rings. The highest BCUT2D eigenvalue weighted by Gasteiger charge is 2.20. The molecule has 3 amide bonds. The van der Waals surface area contributed by atoms with Crippen LogP contribution in [0.1, 0.15) is 39.0 Å². The Bertz CT molecular complexity index is 731. The van der Waals surface area contributed by atoms with Crippen molar-refractivity contribution < 1.29 is 19.1 Å². The molecule has 0 unspecified atom stereocenters. The number of nitrogens with one attached hydrogen (secondary N) is 2. The van der Waals surface area contributed by atoms with Crippen LogP contribution in [0.3, 0.4) is 0 Å². The maximum atomic E-state index is 12.4. The Morgan fingerprint density at radius 2 is 1.87 bits per heavy atom. The molecule has 0 saturated carbocycles. The summed E-state index contributed by atoms with van der Waals surface area (Å²) in [6, 6.07) is 7.07. The van der Waals surface area contributed by atoms with Gasteiger partial charge >= 0.3 is 12.0 Å². The van der Waals surface area contributed by atoms with Gasteiger partial charge in [0.15, 0.2) is 0 Å². The van der Waals surface area contributed by atoms with E-state index in [9.17, 15) is 14.4 Å². The third-order valence-corrected chi connectivity index (χ3v) is 5.36. The first-order chi connectivity index (χ1) is 15.0. The van der Waals surface area contributed by atoms with Gasteiger partial charge in [0.2, 0.25) is 5.91 Å². The average molecular weight is 453 g/mol. The second-order valence-electron chi connectivity index (χ2n) is 7.49. The molecule has 8 nitrogen and oxygen atoms in total. The number of esters is 1. The SMILES string of the molecule is CCOC(=O)CCCCCNC(=O)N1CCCN(CC(=O)Nc2ccccc2Cl)CC1. The van der Waals surface area contributed by atoms with Crippen LogP contribution in [-0.4, -0.2) is 73.6 Å². The van der Waals surface area contributed by atoms with E-state index in [1.807, 2.05) is 12.1 Å². The zero-order valence-corrected chi connectivity index (χ0v) is 19.0. The van der Waals surface area contributed by atoms with Crippen LogP contribution in [0.5, 0.6) is 0 Å². The predicted octanol–water partition coefficient (Wildman–Crippen LogP) is 3.12.